The van der Waals surface area contributed by atoms with Crippen LogP contribution in [0.2, 0.25) is 0 Å². The highest BCUT2D eigenvalue weighted by Crippen LogP contribution is 2.21. The predicted octanol–water partition coefficient (Wildman–Crippen LogP) is 0.990. The van der Waals surface area contributed by atoms with Crippen molar-refractivity contribution in [2.75, 3.05) is 13.1 Å². The van der Waals surface area contributed by atoms with E-state index in [4.69, 9.17) is 0 Å². The fraction of sp³-hybridized carbons (Fsp3) is 0.583. The Bertz CT molecular complexity index is 581. The molecule has 20 heavy (non-hydrogen) atoms. The molecule has 7 nitrogen and oxygen atoms in total. The highest BCUT2D eigenvalue weighted by atomic mass is 32.1. The van der Waals surface area contributed by atoms with E-state index in [9.17, 15) is 4.79 Å². The molecular weight excluding hydrogens is 276 g/mol. The topological polar surface area (TPSA) is 76.8 Å². The number of likely N-dealkylation sites (tertiary alicyclic amines) is 1. The molecule has 1 saturated heterocycles. The molecule has 1 aliphatic rings. The van der Waals surface area contributed by atoms with Gasteiger partial charge in [0, 0.05) is 25.8 Å². The Morgan fingerprint density at radius 2 is 2.40 bits per heavy atom. The molecule has 2 aromatic rings. The molecule has 0 saturated carbocycles. The van der Waals surface area contributed by atoms with Gasteiger partial charge in [-0.05, 0) is 25.7 Å². The minimum absolute atomic E-state index is 0.00103. The van der Waals surface area contributed by atoms with Gasteiger partial charge in [-0.3, -0.25) is 9.48 Å². The average molecular weight is 292 g/mol. The smallest absolute Gasteiger partial charge is 0.284 e. The molecule has 0 spiro atoms. The number of hydrogen-bond donors (Lipinski definition) is 0. The highest BCUT2D eigenvalue weighted by Gasteiger charge is 2.26. The summed E-state index contributed by atoms with van der Waals surface area (Å²) in [4.78, 5) is 14.2. The van der Waals surface area contributed by atoms with Crippen molar-refractivity contribution in [2.24, 2.45) is 5.92 Å². The maximum Gasteiger partial charge on any atom is 0.284 e. The number of piperidine rings is 1. The second kappa shape index (κ2) is 5.66. The van der Waals surface area contributed by atoms with Gasteiger partial charge in [0.15, 0.2) is 0 Å². The molecule has 0 bridgehead atoms. The number of aromatic nitrogens is 5. The predicted molar refractivity (Wildman–Crippen MR) is 73.3 cm³/mol. The fourth-order valence-corrected chi connectivity index (χ4v) is 3.17. The summed E-state index contributed by atoms with van der Waals surface area (Å²) in [5, 5.41) is 17.0. The lowest BCUT2D eigenvalue weighted by Crippen LogP contribution is -2.41. The van der Waals surface area contributed by atoms with Crippen molar-refractivity contribution in [3.8, 4) is 0 Å². The summed E-state index contributed by atoms with van der Waals surface area (Å²) in [6.45, 7) is 4.21. The van der Waals surface area contributed by atoms with Gasteiger partial charge in [0.2, 0.25) is 5.01 Å². The van der Waals surface area contributed by atoms with Crippen molar-refractivity contribution < 1.29 is 4.79 Å². The van der Waals surface area contributed by atoms with Crippen LogP contribution in [0, 0.1) is 12.8 Å². The van der Waals surface area contributed by atoms with Crippen LogP contribution in [-0.2, 0) is 6.54 Å². The van der Waals surface area contributed by atoms with E-state index in [0.29, 0.717) is 10.9 Å². The summed E-state index contributed by atoms with van der Waals surface area (Å²) in [5.74, 6) is 0.419. The Balaban J connectivity index is 1.64. The van der Waals surface area contributed by atoms with Crippen LogP contribution < -0.4 is 0 Å². The second-order valence-corrected chi connectivity index (χ2v) is 6.19. The van der Waals surface area contributed by atoms with E-state index in [2.05, 4.69) is 20.5 Å². The molecule has 0 aromatic carbocycles. The zero-order chi connectivity index (χ0) is 13.9. The molecule has 0 aliphatic carbocycles. The van der Waals surface area contributed by atoms with E-state index >= 15 is 0 Å². The van der Waals surface area contributed by atoms with Crippen molar-refractivity contribution in [2.45, 2.75) is 26.3 Å². The first-order chi connectivity index (χ1) is 9.72. The minimum Gasteiger partial charge on any atom is -0.336 e. The van der Waals surface area contributed by atoms with E-state index in [-0.39, 0.29) is 5.91 Å². The van der Waals surface area contributed by atoms with E-state index < -0.39 is 0 Å². The first-order valence-electron chi connectivity index (χ1n) is 6.66. The zero-order valence-corrected chi connectivity index (χ0v) is 12.1. The molecule has 2 aromatic heterocycles. The molecule has 1 fully saturated rings. The number of nitrogens with zero attached hydrogens (tertiary/aromatic N) is 6. The molecule has 0 N–H and O–H groups in total. The molecule has 1 aliphatic heterocycles. The second-order valence-electron chi connectivity index (χ2n) is 5.01. The van der Waals surface area contributed by atoms with Gasteiger partial charge in [-0.15, -0.1) is 15.3 Å². The third-order valence-corrected chi connectivity index (χ3v) is 4.26. The molecule has 3 heterocycles. The van der Waals surface area contributed by atoms with Crippen LogP contribution in [0.1, 0.15) is 27.7 Å². The van der Waals surface area contributed by atoms with Crippen LogP contribution in [0.3, 0.4) is 0 Å². The summed E-state index contributed by atoms with van der Waals surface area (Å²) in [7, 11) is 0. The number of carbonyl (C=O) groups excluding carboxylic acids is 1. The monoisotopic (exact) mass is 292 g/mol. The van der Waals surface area contributed by atoms with E-state index in [0.717, 1.165) is 37.5 Å². The highest BCUT2D eigenvalue weighted by molar-refractivity contribution is 7.13. The summed E-state index contributed by atoms with van der Waals surface area (Å²) < 4.78 is 1.83. The Labute approximate surface area is 120 Å². The molecule has 3 rings (SSSR count). The van der Waals surface area contributed by atoms with Gasteiger partial charge in [0.05, 0.1) is 6.20 Å². The summed E-state index contributed by atoms with van der Waals surface area (Å²) >= 11 is 1.36. The van der Waals surface area contributed by atoms with Gasteiger partial charge in [0.25, 0.3) is 5.91 Å². The lowest BCUT2D eigenvalue weighted by atomic mass is 9.98. The lowest BCUT2D eigenvalue weighted by Gasteiger charge is -2.31. The largest absolute Gasteiger partial charge is 0.336 e. The van der Waals surface area contributed by atoms with Crippen molar-refractivity contribution in [1.82, 2.24) is 30.1 Å². The van der Waals surface area contributed by atoms with Crippen LogP contribution in [0.25, 0.3) is 0 Å². The molecule has 106 valence electrons. The van der Waals surface area contributed by atoms with Gasteiger partial charge in [-0.25, -0.2) is 0 Å². The standard InChI is InChI=1S/C12H16N6OS/c1-9-14-15-11(20-9)12(19)17-5-2-3-10(7-17)8-18-6-4-13-16-18/h4,6,10H,2-3,5,7-8H2,1H3. The maximum absolute atomic E-state index is 12.4. The van der Waals surface area contributed by atoms with Gasteiger partial charge < -0.3 is 4.90 Å². The third-order valence-electron chi connectivity index (χ3n) is 3.43. The molecule has 0 radical (unpaired) electrons. The molecule has 1 atom stereocenters. The van der Waals surface area contributed by atoms with E-state index in [1.807, 2.05) is 22.7 Å². The Morgan fingerprint density at radius 1 is 1.50 bits per heavy atom. The van der Waals surface area contributed by atoms with Gasteiger partial charge in [0.1, 0.15) is 5.01 Å². The van der Waals surface area contributed by atoms with Crippen LogP contribution in [0.5, 0.6) is 0 Å². The Kier molecular flexibility index (Phi) is 3.72. The van der Waals surface area contributed by atoms with E-state index in [1.54, 1.807) is 6.20 Å². The van der Waals surface area contributed by atoms with Crippen molar-refractivity contribution >= 4 is 17.2 Å². The quantitative estimate of drug-likeness (QED) is 0.843. The van der Waals surface area contributed by atoms with Crippen LogP contribution in [0.15, 0.2) is 12.4 Å². The first kappa shape index (κ1) is 13.2. The Hall–Kier alpha value is -1.83. The fourth-order valence-electron chi connectivity index (χ4n) is 2.51. The minimum atomic E-state index is -0.00103. The van der Waals surface area contributed by atoms with Crippen molar-refractivity contribution in [3.63, 3.8) is 0 Å². The first-order valence-corrected chi connectivity index (χ1v) is 7.47. The van der Waals surface area contributed by atoms with Crippen molar-refractivity contribution in [1.29, 1.82) is 0 Å². The average Bonchev–Trinajstić information content (AvgIpc) is 3.10. The van der Waals surface area contributed by atoms with Gasteiger partial charge in [-0.1, -0.05) is 16.6 Å². The third kappa shape index (κ3) is 2.84. The Morgan fingerprint density at radius 3 is 3.10 bits per heavy atom. The summed E-state index contributed by atoms with van der Waals surface area (Å²) in [6, 6.07) is 0. The van der Waals surface area contributed by atoms with E-state index in [1.165, 1.54) is 11.3 Å². The SMILES string of the molecule is Cc1nnc(C(=O)N2CCCC(Cn3ccnn3)C2)s1. The number of hydrogen-bond acceptors (Lipinski definition) is 6. The molecule has 1 unspecified atom stereocenters. The zero-order valence-electron chi connectivity index (χ0n) is 11.3. The van der Waals surface area contributed by atoms with Gasteiger partial charge >= 0.3 is 0 Å². The summed E-state index contributed by atoms with van der Waals surface area (Å²) in [5.41, 5.74) is 0. The number of rotatable bonds is 3. The number of aryl methyl sites for hydroxylation is 1. The maximum atomic E-state index is 12.4. The lowest BCUT2D eigenvalue weighted by molar-refractivity contribution is 0.0658. The van der Waals surface area contributed by atoms with Crippen molar-refractivity contribution in [3.05, 3.63) is 22.4 Å². The van der Waals surface area contributed by atoms with Crippen LogP contribution in [0.4, 0.5) is 0 Å². The molecule has 1 amide bonds. The number of carbonyl (C=O) groups is 1. The molecular formula is C12H16N6OS. The number of amides is 1. The van der Waals surface area contributed by atoms with Gasteiger partial charge in [-0.2, -0.15) is 0 Å². The van der Waals surface area contributed by atoms with Crippen LogP contribution >= 0.6 is 11.3 Å². The summed E-state index contributed by atoms with van der Waals surface area (Å²) in [6.07, 6.45) is 5.66. The normalized spacial score (nSPS) is 19.2. The molecule has 8 heteroatoms. The van der Waals surface area contributed by atoms with Crippen LogP contribution in [-0.4, -0.2) is 49.1 Å².